The van der Waals surface area contributed by atoms with Crippen LogP contribution in [0.25, 0.3) is 0 Å². The third-order valence-electron chi connectivity index (χ3n) is 3.34. The maximum atomic E-state index is 12.0. The number of amides is 1. The molecule has 0 aromatic heterocycles. The molecule has 0 unspecified atom stereocenters. The van der Waals surface area contributed by atoms with Gasteiger partial charge in [0.1, 0.15) is 0 Å². The lowest BCUT2D eigenvalue weighted by Crippen LogP contribution is -2.46. The number of hydrogen-bond acceptors (Lipinski definition) is 2. The van der Waals surface area contributed by atoms with Gasteiger partial charge in [-0.1, -0.05) is 35.3 Å². The number of piperazine rings is 1. The Morgan fingerprint density at radius 2 is 2.00 bits per heavy atom. The summed E-state index contributed by atoms with van der Waals surface area (Å²) in [6.07, 6.45) is 2.17. The average molecular weight is 301 g/mol. The summed E-state index contributed by atoms with van der Waals surface area (Å²) in [7, 11) is 0. The number of aryl methyl sites for hydroxylation is 1. The number of benzene rings is 1. The van der Waals surface area contributed by atoms with Gasteiger partial charge < -0.3 is 10.2 Å². The molecule has 1 aromatic carbocycles. The van der Waals surface area contributed by atoms with Crippen LogP contribution in [0.2, 0.25) is 10.0 Å². The van der Waals surface area contributed by atoms with Crippen LogP contribution in [0.5, 0.6) is 0 Å². The van der Waals surface area contributed by atoms with Crippen LogP contribution in [0.3, 0.4) is 0 Å². The van der Waals surface area contributed by atoms with Crippen molar-refractivity contribution in [3.8, 4) is 0 Å². The summed E-state index contributed by atoms with van der Waals surface area (Å²) in [5.74, 6) is 0.236. The monoisotopic (exact) mass is 300 g/mol. The first-order valence-electron chi connectivity index (χ1n) is 6.60. The molecule has 104 valence electrons. The number of carbonyl (C=O) groups is 1. The molecule has 0 saturated carbocycles. The molecule has 0 bridgehead atoms. The summed E-state index contributed by atoms with van der Waals surface area (Å²) < 4.78 is 0. The van der Waals surface area contributed by atoms with Crippen molar-refractivity contribution >= 4 is 29.1 Å². The smallest absolute Gasteiger partial charge is 0.222 e. The van der Waals surface area contributed by atoms with E-state index in [1.807, 2.05) is 17.0 Å². The van der Waals surface area contributed by atoms with E-state index in [9.17, 15) is 4.79 Å². The molecular weight excluding hydrogens is 283 g/mol. The van der Waals surface area contributed by atoms with Gasteiger partial charge in [-0.25, -0.2) is 0 Å². The maximum absolute atomic E-state index is 12.0. The third-order valence-corrected chi connectivity index (χ3v) is 4.20. The fourth-order valence-electron chi connectivity index (χ4n) is 2.24. The molecule has 1 amide bonds. The minimum Gasteiger partial charge on any atom is -0.340 e. The van der Waals surface area contributed by atoms with Crippen LogP contribution < -0.4 is 5.32 Å². The summed E-state index contributed by atoms with van der Waals surface area (Å²) in [4.78, 5) is 13.9. The molecule has 1 heterocycles. The van der Waals surface area contributed by atoms with Crippen LogP contribution in [-0.4, -0.2) is 37.0 Å². The molecule has 1 aliphatic heterocycles. The van der Waals surface area contributed by atoms with E-state index in [1.54, 1.807) is 6.07 Å². The Hall–Kier alpha value is -0.770. The molecule has 1 aromatic rings. The van der Waals surface area contributed by atoms with Gasteiger partial charge in [-0.15, -0.1) is 0 Å². The Morgan fingerprint density at radius 3 is 2.74 bits per heavy atom. The number of hydrogen-bond donors (Lipinski definition) is 1. The van der Waals surface area contributed by atoms with E-state index in [2.05, 4.69) is 5.32 Å². The van der Waals surface area contributed by atoms with Crippen molar-refractivity contribution in [3.05, 3.63) is 33.8 Å². The molecule has 0 aliphatic carbocycles. The second-order valence-electron chi connectivity index (χ2n) is 4.70. The molecule has 0 spiro atoms. The number of nitrogens with zero attached hydrogens (tertiary/aromatic N) is 1. The van der Waals surface area contributed by atoms with Crippen LogP contribution >= 0.6 is 23.2 Å². The molecule has 5 heteroatoms. The predicted molar refractivity (Wildman–Crippen MR) is 78.8 cm³/mol. The van der Waals surface area contributed by atoms with Crippen molar-refractivity contribution in [2.75, 3.05) is 26.2 Å². The van der Waals surface area contributed by atoms with E-state index in [4.69, 9.17) is 23.2 Å². The van der Waals surface area contributed by atoms with Crippen molar-refractivity contribution < 1.29 is 4.79 Å². The van der Waals surface area contributed by atoms with E-state index in [0.29, 0.717) is 16.5 Å². The number of nitrogens with one attached hydrogen (secondary N) is 1. The second kappa shape index (κ2) is 7.13. The van der Waals surface area contributed by atoms with Gasteiger partial charge in [0.15, 0.2) is 0 Å². The highest BCUT2D eigenvalue weighted by atomic mass is 35.5. The Balaban J connectivity index is 1.79. The standard InChI is InChI=1S/C14H18Cl2N2O/c15-12-5-1-3-11(14(12)16)4-2-6-13(19)18-9-7-17-8-10-18/h1,3,5,17H,2,4,6-10H2. The molecular formula is C14H18Cl2N2O. The van der Waals surface area contributed by atoms with Crippen molar-refractivity contribution in [3.63, 3.8) is 0 Å². The van der Waals surface area contributed by atoms with Gasteiger partial charge in [0.25, 0.3) is 0 Å². The highest BCUT2D eigenvalue weighted by molar-refractivity contribution is 6.42. The molecule has 0 radical (unpaired) electrons. The topological polar surface area (TPSA) is 32.3 Å². The van der Waals surface area contributed by atoms with Gasteiger partial charge in [-0.05, 0) is 24.5 Å². The summed E-state index contributed by atoms with van der Waals surface area (Å²) >= 11 is 12.1. The van der Waals surface area contributed by atoms with Crippen LogP contribution in [0.4, 0.5) is 0 Å². The largest absolute Gasteiger partial charge is 0.340 e. The Bertz CT molecular complexity index is 445. The van der Waals surface area contributed by atoms with Gasteiger partial charge in [-0.2, -0.15) is 0 Å². The third kappa shape index (κ3) is 4.10. The molecule has 1 saturated heterocycles. The van der Waals surface area contributed by atoms with Crippen molar-refractivity contribution in [1.29, 1.82) is 0 Å². The van der Waals surface area contributed by atoms with Gasteiger partial charge in [-0.3, -0.25) is 4.79 Å². The van der Waals surface area contributed by atoms with Crippen molar-refractivity contribution in [2.45, 2.75) is 19.3 Å². The van der Waals surface area contributed by atoms with Crippen molar-refractivity contribution in [2.24, 2.45) is 0 Å². The zero-order valence-electron chi connectivity index (χ0n) is 10.8. The van der Waals surface area contributed by atoms with Gasteiger partial charge >= 0.3 is 0 Å². The van der Waals surface area contributed by atoms with Gasteiger partial charge in [0, 0.05) is 32.6 Å². The minimum absolute atomic E-state index is 0.236. The Labute approximate surface area is 123 Å². The number of halogens is 2. The summed E-state index contributed by atoms with van der Waals surface area (Å²) in [5.41, 5.74) is 1.02. The van der Waals surface area contributed by atoms with Crippen molar-refractivity contribution in [1.82, 2.24) is 10.2 Å². The Kier molecular flexibility index (Phi) is 5.49. The molecule has 3 nitrogen and oxygen atoms in total. The lowest BCUT2D eigenvalue weighted by Gasteiger charge is -2.27. The molecule has 19 heavy (non-hydrogen) atoms. The normalized spacial score (nSPS) is 15.6. The summed E-state index contributed by atoms with van der Waals surface area (Å²) in [5, 5.41) is 4.43. The fraction of sp³-hybridized carbons (Fsp3) is 0.500. The molecule has 1 fully saturated rings. The maximum Gasteiger partial charge on any atom is 0.222 e. The molecule has 1 N–H and O–H groups in total. The Morgan fingerprint density at radius 1 is 1.26 bits per heavy atom. The molecule has 0 atom stereocenters. The van der Waals surface area contributed by atoms with E-state index in [1.165, 1.54) is 0 Å². The van der Waals surface area contributed by atoms with E-state index < -0.39 is 0 Å². The first-order chi connectivity index (χ1) is 9.18. The van der Waals surface area contributed by atoms with Crippen LogP contribution in [-0.2, 0) is 11.2 Å². The summed E-state index contributed by atoms with van der Waals surface area (Å²) in [6.45, 7) is 3.42. The zero-order chi connectivity index (χ0) is 13.7. The highest BCUT2D eigenvalue weighted by Crippen LogP contribution is 2.26. The van der Waals surface area contributed by atoms with Gasteiger partial charge in [0.05, 0.1) is 10.0 Å². The lowest BCUT2D eigenvalue weighted by molar-refractivity contribution is -0.131. The first kappa shape index (κ1) is 14.6. The summed E-state index contributed by atoms with van der Waals surface area (Å²) in [6, 6.07) is 5.63. The molecule has 2 rings (SSSR count). The first-order valence-corrected chi connectivity index (χ1v) is 7.35. The van der Waals surface area contributed by atoms with Crippen LogP contribution in [0.15, 0.2) is 18.2 Å². The fourth-order valence-corrected chi connectivity index (χ4v) is 2.66. The second-order valence-corrected chi connectivity index (χ2v) is 5.48. The van der Waals surface area contributed by atoms with E-state index in [-0.39, 0.29) is 5.91 Å². The predicted octanol–water partition coefficient (Wildman–Crippen LogP) is 2.75. The van der Waals surface area contributed by atoms with Gasteiger partial charge in [0.2, 0.25) is 5.91 Å². The highest BCUT2D eigenvalue weighted by Gasteiger charge is 2.15. The number of rotatable bonds is 4. The number of carbonyl (C=O) groups excluding carboxylic acids is 1. The van der Waals surface area contributed by atoms with E-state index >= 15 is 0 Å². The minimum atomic E-state index is 0.236. The quantitative estimate of drug-likeness (QED) is 0.927. The van der Waals surface area contributed by atoms with Crippen LogP contribution in [0.1, 0.15) is 18.4 Å². The lowest BCUT2D eigenvalue weighted by atomic mass is 10.1. The SMILES string of the molecule is O=C(CCCc1cccc(Cl)c1Cl)N1CCNCC1. The van der Waals surface area contributed by atoms with Crippen LogP contribution in [0, 0.1) is 0 Å². The average Bonchev–Trinajstić information content (AvgIpc) is 2.44. The molecule has 1 aliphatic rings. The zero-order valence-corrected chi connectivity index (χ0v) is 12.3. The van der Waals surface area contributed by atoms with E-state index in [0.717, 1.165) is 44.6 Å².